The molecule has 1 aliphatic heterocycles. The lowest BCUT2D eigenvalue weighted by atomic mass is 9.92. The third-order valence-corrected chi connectivity index (χ3v) is 8.30. The number of aliphatic hydroxyl groups excluding tert-OH is 1. The summed E-state index contributed by atoms with van der Waals surface area (Å²) < 4.78 is 5.89. The molecule has 3 N–H and O–H groups in total. The van der Waals surface area contributed by atoms with Gasteiger partial charge in [0.15, 0.2) is 0 Å². The molecule has 1 saturated heterocycles. The average Bonchev–Trinajstić information content (AvgIpc) is 3.67. The molecule has 1 saturated carbocycles. The first-order valence-corrected chi connectivity index (χ1v) is 14.9. The molecule has 0 radical (unpaired) electrons. The molecule has 214 valence electrons. The molecule has 4 atom stereocenters. The Kier molecular flexibility index (Phi) is 11.5. The number of hydrogen-bond donors (Lipinski definition) is 3. The smallest absolute Gasteiger partial charge is 0.242 e. The first kappa shape index (κ1) is 30.4. The van der Waals surface area contributed by atoms with Crippen LogP contribution in [0.1, 0.15) is 104 Å². The van der Waals surface area contributed by atoms with E-state index in [0.29, 0.717) is 25.3 Å². The van der Waals surface area contributed by atoms with E-state index in [2.05, 4.69) is 29.7 Å². The van der Waals surface area contributed by atoms with E-state index in [1.54, 1.807) is 18.9 Å². The molecule has 0 spiro atoms. The topological polar surface area (TPSA) is 90.9 Å². The number of hydrogen-bond acceptors (Lipinski definition) is 5. The second kappa shape index (κ2) is 14.3. The maximum absolute atomic E-state index is 13.2. The maximum Gasteiger partial charge on any atom is 0.242 e. The number of rotatable bonds is 7. The number of benzene rings is 1. The Morgan fingerprint density at radius 1 is 1.11 bits per heavy atom. The molecule has 0 aromatic heterocycles. The van der Waals surface area contributed by atoms with Crippen LogP contribution in [0.2, 0.25) is 0 Å². The standard InChI is InChI=1S/C31H51N3O4/c1-22(2)38-26-15-12-14-25(20-26)31(17-18-31)32-21-28(35)27-19-23(3)13-10-8-6-7-9-11-16-29(36)34(5)24(4)30(37)33-27/h12,14-15,20,22-24,27-28,32,35H,6-11,13,16-19,21H2,1-5H3,(H,33,37)/t23-,24+,27+,28-/m1/s1. The fourth-order valence-corrected chi connectivity index (χ4v) is 5.49. The van der Waals surface area contributed by atoms with Crippen molar-refractivity contribution >= 4 is 11.8 Å². The Morgan fingerprint density at radius 2 is 1.79 bits per heavy atom. The molecule has 7 nitrogen and oxygen atoms in total. The zero-order valence-electron chi connectivity index (χ0n) is 24.3. The summed E-state index contributed by atoms with van der Waals surface area (Å²) in [6, 6.07) is 7.25. The maximum atomic E-state index is 13.2. The van der Waals surface area contributed by atoms with Crippen LogP contribution in [-0.4, -0.2) is 59.7 Å². The first-order valence-electron chi connectivity index (χ1n) is 14.9. The van der Waals surface area contributed by atoms with Crippen molar-refractivity contribution in [2.24, 2.45) is 5.92 Å². The van der Waals surface area contributed by atoms with E-state index in [4.69, 9.17) is 4.74 Å². The van der Waals surface area contributed by atoms with Crippen molar-refractivity contribution in [3.05, 3.63) is 29.8 Å². The van der Waals surface area contributed by atoms with Gasteiger partial charge in [0.2, 0.25) is 11.8 Å². The molecule has 1 aromatic rings. The van der Waals surface area contributed by atoms with Gasteiger partial charge < -0.3 is 25.4 Å². The van der Waals surface area contributed by atoms with Gasteiger partial charge in [-0.15, -0.1) is 0 Å². The van der Waals surface area contributed by atoms with Crippen LogP contribution in [0.25, 0.3) is 0 Å². The van der Waals surface area contributed by atoms with E-state index in [-0.39, 0.29) is 29.5 Å². The van der Waals surface area contributed by atoms with E-state index >= 15 is 0 Å². The second-order valence-corrected chi connectivity index (χ2v) is 12.0. The average molecular weight is 530 g/mol. The molecular formula is C31H51N3O4. The van der Waals surface area contributed by atoms with Crippen LogP contribution in [0.5, 0.6) is 5.75 Å². The lowest BCUT2D eigenvalue weighted by Crippen LogP contribution is -2.54. The fraction of sp³-hybridized carbons (Fsp3) is 0.742. The van der Waals surface area contributed by atoms with Crippen molar-refractivity contribution in [3.8, 4) is 5.75 Å². The minimum atomic E-state index is -0.735. The Bertz CT molecular complexity index is 901. The number of nitrogens with zero attached hydrogens (tertiary/aromatic N) is 1. The molecule has 0 bridgehead atoms. The van der Waals surface area contributed by atoms with Crippen LogP contribution in [-0.2, 0) is 15.1 Å². The van der Waals surface area contributed by atoms with E-state index in [0.717, 1.165) is 50.7 Å². The summed E-state index contributed by atoms with van der Waals surface area (Å²) in [5.74, 6) is 1.05. The van der Waals surface area contributed by atoms with Crippen molar-refractivity contribution in [1.29, 1.82) is 0 Å². The van der Waals surface area contributed by atoms with Crippen molar-refractivity contribution in [3.63, 3.8) is 0 Å². The van der Waals surface area contributed by atoms with Crippen LogP contribution < -0.4 is 15.4 Å². The lowest BCUT2D eigenvalue weighted by Gasteiger charge is -2.32. The molecule has 2 fully saturated rings. The molecule has 1 heterocycles. The third-order valence-electron chi connectivity index (χ3n) is 8.30. The van der Waals surface area contributed by atoms with Crippen LogP contribution in [0.3, 0.4) is 0 Å². The fourth-order valence-electron chi connectivity index (χ4n) is 5.49. The number of nitrogens with one attached hydrogen (secondary N) is 2. The molecule has 7 heteroatoms. The predicted molar refractivity (Wildman–Crippen MR) is 152 cm³/mol. The Balaban J connectivity index is 1.67. The summed E-state index contributed by atoms with van der Waals surface area (Å²) in [6.07, 6.45) is 10.3. The van der Waals surface area contributed by atoms with Gasteiger partial charge in [0.05, 0.1) is 18.2 Å². The van der Waals surface area contributed by atoms with Gasteiger partial charge in [0, 0.05) is 25.6 Å². The lowest BCUT2D eigenvalue weighted by molar-refractivity contribution is -0.139. The highest BCUT2D eigenvalue weighted by Gasteiger charge is 2.44. The second-order valence-electron chi connectivity index (χ2n) is 12.0. The minimum Gasteiger partial charge on any atom is -0.491 e. The van der Waals surface area contributed by atoms with Crippen molar-refractivity contribution in [1.82, 2.24) is 15.5 Å². The van der Waals surface area contributed by atoms with Crippen LogP contribution >= 0.6 is 0 Å². The molecule has 2 aliphatic rings. The molecule has 2 amide bonds. The first-order chi connectivity index (χ1) is 18.1. The van der Waals surface area contributed by atoms with Crippen LogP contribution in [0.15, 0.2) is 24.3 Å². The molecule has 38 heavy (non-hydrogen) atoms. The molecule has 3 rings (SSSR count). The van der Waals surface area contributed by atoms with Gasteiger partial charge >= 0.3 is 0 Å². The number of carbonyl (C=O) groups excluding carboxylic acids is 2. The zero-order chi connectivity index (χ0) is 27.7. The largest absolute Gasteiger partial charge is 0.491 e. The van der Waals surface area contributed by atoms with Crippen LogP contribution in [0, 0.1) is 5.92 Å². The summed E-state index contributed by atoms with van der Waals surface area (Å²) >= 11 is 0. The highest BCUT2D eigenvalue weighted by Crippen LogP contribution is 2.46. The highest BCUT2D eigenvalue weighted by molar-refractivity contribution is 5.87. The number of ether oxygens (including phenoxy) is 1. The van der Waals surface area contributed by atoms with Crippen molar-refractivity contribution in [2.45, 2.75) is 128 Å². The number of amides is 2. The van der Waals surface area contributed by atoms with Gasteiger partial charge in [-0.3, -0.25) is 9.59 Å². The van der Waals surface area contributed by atoms with Crippen molar-refractivity contribution in [2.75, 3.05) is 13.6 Å². The van der Waals surface area contributed by atoms with Gasteiger partial charge in [0.25, 0.3) is 0 Å². The van der Waals surface area contributed by atoms with Gasteiger partial charge in [0.1, 0.15) is 11.8 Å². The minimum absolute atomic E-state index is 0.00577. The van der Waals surface area contributed by atoms with Gasteiger partial charge in [-0.25, -0.2) is 0 Å². The van der Waals surface area contributed by atoms with Gasteiger partial charge in [-0.1, -0.05) is 57.6 Å². The number of likely N-dealkylation sites (N-methyl/N-ethyl adjacent to an activating group) is 1. The van der Waals surface area contributed by atoms with E-state index < -0.39 is 12.1 Å². The zero-order valence-corrected chi connectivity index (χ0v) is 24.3. The molecule has 0 unspecified atom stereocenters. The summed E-state index contributed by atoms with van der Waals surface area (Å²) in [4.78, 5) is 27.4. The Morgan fingerprint density at radius 3 is 2.47 bits per heavy atom. The molecule has 1 aromatic carbocycles. The van der Waals surface area contributed by atoms with Gasteiger partial charge in [-0.2, -0.15) is 0 Å². The Hall–Kier alpha value is -2.12. The van der Waals surface area contributed by atoms with E-state index in [9.17, 15) is 14.7 Å². The van der Waals surface area contributed by atoms with E-state index in [1.807, 2.05) is 26.0 Å². The van der Waals surface area contributed by atoms with E-state index in [1.165, 1.54) is 18.4 Å². The third kappa shape index (κ3) is 8.98. The monoisotopic (exact) mass is 529 g/mol. The summed E-state index contributed by atoms with van der Waals surface area (Å²) in [5.41, 5.74) is 1.01. The summed E-state index contributed by atoms with van der Waals surface area (Å²) in [6.45, 7) is 8.41. The summed E-state index contributed by atoms with van der Waals surface area (Å²) in [7, 11) is 1.71. The normalized spacial score (nSPS) is 26.6. The van der Waals surface area contributed by atoms with Crippen LogP contribution in [0.4, 0.5) is 0 Å². The quantitative estimate of drug-likeness (QED) is 0.467. The number of carbonyl (C=O) groups is 2. The Labute approximate surface area is 230 Å². The number of aliphatic hydroxyl groups is 1. The van der Waals surface area contributed by atoms with Crippen molar-refractivity contribution < 1.29 is 19.4 Å². The SMILES string of the molecule is CC(C)Oc1cccc(C2(NC[C@@H](O)[C@@H]3C[C@H](C)CCCCCCCCC(=O)N(C)[C@@H](C)C(=O)N3)CC2)c1. The highest BCUT2D eigenvalue weighted by atomic mass is 16.5. The predicted octanol–water partition coefficient (Wildman–Crippen LogP) is 4.91. The van der Waals surface area contributed by atoms with Gasteiger partial charge in [-0.05, 0) is 70.1 Å². The molecular weight excluding hydrogens is 478 g/mol. The molecule has 1 aliphatic carbocycles. The summed E-state index contributed by atoms with van der Waals surface area (Å²) in [5, 5.41) is 18.1.